The Hall–Kier alpha value is -0.350. The fourth-order valence-electron chi connectivity index (χ4n) is 1.23. The van der Waals surface area contributed by atoms with Gasteiger partial charge in [0.1, 0.15) is 0 Å². The van der Waals surface area contributed by atoms with Gasteiger partial charge in [-0.15, -0.1) is 11.3 Å². The third kappa shape index (κ3) is 2.54. The molecule has 0 aliphatic rings. The Morgan fingerprint density at radius 3 is 2.54 bits per heavy atom. The normalized spacial score (nSPS) is 13.2. The van der Waals surface area contributed by atoms with Gasteiger partial charge in [-0.05, 0) is 27.9 Å². The molecule has 13 heavy (non-hydrogen) atoms. The Morgan fingerprint density at radius 1 is 1.62 bits per heavy atom. The van der Waals surface area contributed by atoms with Crippen LogP contribution in [-0.2, 0) is 4.79 Å². The molecule has 1 heterocycles. The van der Waals surface area contributed by atoms with Crippen LogP contribution in [0.3, 0.4) is 0 Å². The molecule has 1 unspecified atom stereocenters. The Kier molecular flexibility index (Phi) is 3.50. The van der Waals surface area contributed by atoms with Crippen molar-refractivity contribution in [2.24, 2.45) is 5.92 Å². The highest BCUT2D eigenvalue weighted by atomic mass is 79.9. The van der Waals surface area contributed by atoms with Gasteiger partial charge in [-0.1, -0.05) is 13.8 Å². The van der Waals surface area contributed by atoms with Crippen molar-refractivity contribution in [3.8, 4) is 0 Å². The minimum absolute atomic E-state index is 0.128. The summed E-state index contributed by atoms with van der Waals surface area (Å²) in [5.74, 6) is -0.997. The predicted octanol–water partition coefficient (Wildman–Crippen LogP) is 3.33. The second-order valence-electron chi connectivity index (χ2n) is 3.23. The number of carboxylic acid groups (broad SMARTS) is 1. The van der Waals surface area contributed by atoms with Gasteiger partial charge in [-0.2, -0.15) is 0 Å². The Labute approximate surface area is 89.7 Å². The van der Waals surface area contributed by atoms with Gasteiger partial charge in [-0.3, -0.25) is 4.79 Å². The number of hydrogen-bond acceptors (Lipinski definition) is 2. The van der Waals surface area contributed by atoms with Crippen LogP contribution >= 0.6 is 27.3 Å². The summed E-state index contributed by atoms with van der Waals surface area (Å²) in [6, 6.07) is 1.88. The van der Waals surface area contributed by atoms with E-state index in [1.54, 1.807) is 0 Å². The van der Waals surface area contributed by atoms with Gasteiger partial charge in [0, 0.05) is 14.7 Å². The van der Waals surface area contributed by atoms with Crippen LogP contribution in [0.5, 0.6) is 0 Å². The summed E-state index contributed by atoms with van der Waals surface area (Å²) in [7, 11) is 0. The fraction of sp³-hybridized carbons (Fsp3) is 0.444. The van der Waals surface area contributed by atoms with E-state index in [1.165, 1.54) is 11.3 Å². The second-order valence-corrected chi connectivity index (χ2v) is 5.09. The van der Waals surface area contributed by atoms with E-state index in [-0.39, 0.29) is 11.8 Å². The number of carbonyl (C=O) groups is 1. The molecule has 0 fully saturated rings. The first kappa shape index (κ1) is 10.7. The van der Waals surface area contributed by atoms with Crippen LogP contribution in [0.1, 0.15) is 24.6 Å². The summed E-state index contributed by atoms with van der Waals surface area (Å²) >= 11 is 4.80. The van der Waals surface area contributed by atoms with Gasteiger partial charge in [0.25, 0.3) is 0 Å². The largest absolute Gasteiger partial charge is 0.481 e. The quantitative estimate of drug-likeness (QED) is 0.908. The van der Waals surface area contributed by atoms with E-state index >= 15 is 0 Å². The van der Waals surface area contributed by atoms with E-state index in [9.17, 15) is 4.79 Å². The molecule has 2 nitrogen and oxygen atoms in total. The van der Waals surface area contributed by atoms with Crippen LogP contribution in [-0.4, -0.2) is 11.1 Å². The van der Waals surface area contributed by atoms with E-state index in [0.29, 0.717) is 0 Å². The number of aliphatic carboxylic acids is 1. The van der Waals surface area contributed by atoms with Crippen molar-refractivity contribution < 1.29 is 9.90 Å². The molecule has 1 aromatic rings. The van der Waals surface area contributed by atoms with Crippen molar-refractivity contribution in [3.63, 3.8) is 0 Å². The topological polar surface area (TPSA) is 37.3 Å². The molecule has 1 atom stereocenters. The SMILES string of the molecule is CC(C)C(C(=O)O)c1cc(Br)cs1. The second kappa shape index (κ2) is 4.24. The van der Waals surface area contributed by atoms with E-state index in [2.05, 4.69) is 15.9 Å². The Morgan fingerprint density at radius 2 is 2.23 bits per heavy atom. The van der Waals surface area contributed by atoms with Crippen LogP contribution in [0.25, 0.3) is 0 Å². The lowest BCUT2D eigenvalue weighted by Crippen LogP contribution is -2.16. The molecule has 0 saturated carbocycles. The summed E-state index contributed by atoms with van der Waals surface area (Å²) in [5.41, 5.74) is 0. The molecule has 0 aliphatic carbocycles. The lowest BCUT2D eigenvalue weighted by atomic mass is 9.95. The van der Waals surface area contributed by atoms with Crippen LogP contribution < -0.4 is 0 Å². The standard InChI is InChI=1S/C9H11BrO2S/c1-5(2)8(9(11)12)7-3-6(10)4-13-7/h3-5,8H,1-2H3,(H,11,12). The van der Waals surface area contributed by atoms with Crippen LogP contribution in [0, 0.1) is 5.92 Å². The molecule has 0 bridgehead atoms. The summed E-state index contributed by atoms with van der Waals surface area (Å²) in [4.78, 5) is 11.9. The van der Waals surface area contributed by atoms with Gasteiger partial charge in [0.2, 0.25) is 0 Å². The highest BCUT2D eigenvalue weighted by Gasteiger charge is 2.24. The van der Waals surface area contributed by atoms with Gasteiger partial charge in [0.15, 0.2) is 0 Å². The fourth-order valence-corrected chi connectivity index (χ4v) is 2.94. The number of thiophene rings is 1. The monoisotopic (exact) mass is 262 g/mol. The van der Waals surface area contributed by atoms with Crippen LogP contribution in [0.4, 0.5) is 0 Å². The number of hydrogen-bond donors (Lipinski definition) is 1. The average Bonchev–Trinajstić information content (AvgIpc) is 2.34. The van der Waals surface area contributed by atoms with Crippen molar-refractivity contribution in [3.05, 3.63) is 20.8 Å². The maximum absolute atomic E-state index is 10.9. The number of halogens is 1. The van der Waals surface area contributed by atoms with Crippen molar-refractivity contribution >= 4 is 33.2 Å². The van der Waals surface area contributed by atoms with Gasteiger partial charge >= 0.3 is 5.97 Å². The molecular weight excluding hydrogens is 252 g/mol. The number of rotatable bonds is 3. The molecule has 0 aliphatic heterocycles. The van der Waals surface area contributed by atoms with E-state index in [1.807, 2.05) is 25.3 Å². The molecule has 4 heteroatoms. The molecule has 0 amide bonds. The zero-order valence-corrected chi connectivity index (χ0v) is 9.85. The first-order chi connectivity index (χ1) is 6.02. The lowest BCUT2D eigenvalue weighted by molar-refractivity contribution is -0.139. The first-order valence-electron chi connectivity index (χ1n) is 3.99. The lowest BCUT2D eigenvalue weighted by Gasteiger charge is -2.13. The van der Waals surface area contributed by atoms with Gasteiger partial charge < -0.3 is 5.11 Å². The molecule has 0 aromatic carbocycles. The minimum atomic E-state index is -0.746. The van der Waals surface area contributed by atoms with Crippen LogP contribution in [0.2, 0.25) is 0 Å². The van der Waals surface area contributed by atoms with Gasteiger partial charge in [0.05, 0.1) is 5.92 Å². The predicted molar refractivity (Wildman–Crippen MR) is 57.2 cm³/mol. The van der Waals surface area contributed by atoms with Crippen molar-refractivity contribution in [2.45, 2.75) is 19.8 Å². The maximum Gasteiger partial charge on any atom is 0.312 e. The maximum atomic E-state index is 10.9. The van der Waals surface area contributed by atoms with Crippen molar-refractivity contribution in [1.82, 2.24) is 0 Å². The zero-order valence-electron chi connectivity index (χ0n) is 7.45. The Bertz CT molecular complexity index is 306. The smallest absolute Gasteiger partial charge is 0.312 e. The van der Waals surface area contributed by atoms with Crippen molar-refractivity contribution in [1.29, 1.82) is 0 Å². The summed E-state index contributed by atoms with van der Waals surface area (Å²) in [5, 5.41) is 10.9. The Balaban J connectivity index is 2.95. The first-order valence-corrected chi connectivity index (χ1v) is 5.66. The molecule has 72 valence electrons. The zero-order chi connectivity index (χ0) is 10.0. The molecular formula is C9H11BrO2S. The highest BCUT2D eigenvalue weighted by Crippen LogP contribution is 2.31. The minimum Gasteiger partial charge on any atom is -0.481 e. The molecule has 0 spiro atoms. The average molecular weight is 263 g/mol. The summed E-state index contributed by atoms with van der Waals surface area (Å²) in [6.07, 6.45) is 0. The molecule has 1 aromatic heterocycles. The summed E-state index contributed by atoms with van der Waals surface area (Å²) in [6.45, 7) is 3.85. The molecule has 0 saturated heterocycles. The summed E-state index contributed by atoms with van der Waals surface area (Å²) < 4.78 is 0.958. The highest BCUT2D eigenvalue weighted by molar-refractivity contribution is 9.10. The van der Waals surface area contributed by atoms with Crippen LogP contribution in [0.15, 0.2) is 15.9 Å². The third-order valence-electron chi connectivity index (χ3n) is 1.83. The van der Waals surface area contributed by atoms with Crippen molar-refractivity contribution in [2.75, 3.05) is 0 Å². The number of carboxylic acids is 1. The van der Waals surface area contributed by atoms with E-state index in [4.69, 9.17) is 5.11 Å². The van der Waals surface area contributed by atoms with Gasteiger partial charge in [-0.25, -0.2) is 0 Å². The molecule has 1 N–H and O–H groups in total. The molecule has 0 radical (unpaired) electrons. The van der Waals surface area contributed by atoms with E-state index in [0.717, 1.165) is 9.35 Å². The molecule has 1 rings (SSSR count). The third-order valence-corrected chi connectivity index (χ3v) is 3.60. The van der Waals surface area contributed by atoms with E-state index < -0.39 is 5.97 Å².